The quantitative estimate of drug-likeness (QED) is 0.205. The zero-order valence-corrected chi connectivity index (χ0v) is 19.6. The second-order valence-corrected chi connectivity index (χ2v) is 22.1. The first-order valence-corrected chi connectivity index (χ1v) is 18.9. The van der Waals surface area contributed by atoms with Crippen molar-refractivity contribution >= 4 is 18.4 Å². The zero-order valence-electron chi connectivity index (χ0n) is 16.8. The molecule has 0 aliphatic heterocycles. The van der Waals surface area contributed by atoms with E-state index in [9.17, 15) is 0 Å². The molecule has 0 aromatic carbocycles. The maximum atomic E-state index is 2.71. The maximum absolute atomic E-state index is 2.71. The van der Waals surface area contributed by atoms with E-state index in [-0.39, 0.29) is 0 Å². The summed E-state index contributed by atoms with van der Waals surface area (Å²) < 4.78 is 6.68. The van der Waals surface area contributed by atoms with Gasteiger partial charge >= 0.3 is 152 Å². The van der Waals surface area contributed by atoms with Crippen LogP contribution in [0.2, 0.25) is 17.7 Å². The van der Waals surface area contributed by atoms with Gasteiger partial charge in [0.15, 0.2) is 0 Å². The van der Waals surface area contributed by atoms with Crippen LogP contribution in [-0.4, -0.2) is 18.4 Å². The van der Waals surface area contributed by atoms with Gasteiger partial charge < -0.3 is 0 Å². The van der Waals surface area contributed by atoms with E-state index in [1.54, 1.807) is 17.7 Å². The van der Waals surface area contributed by atoms with Gasteiger partial charge in [0.2, 0.25) is 0 Å². The summed E-state index contributed by atoms with van der Waals surface area (Å²) in [7, 11) is 0. The fourth-order valence-corrected chi connectivity index (χ4v) is 21.3. The average molecular weight is 427 g/mol. The first kappa shape index (κ1) is 21.6. The molecule has 0 unspecified atom stereocenters. The Balaban J connectivity index is 2.72. The van der Waals surface area contributed by atoms with Crippen LogP contribution in [0.5, 0.6) is 0 Å². The van der Waals surface area contributed by atoms with Crippen LogP contribution in [0, 0.1) is 5.92 Å². The summed E-state index contributed by atoms with van der Waals surface area (Å²) in [4.78, 5) is 0. The molecule has 0 radical (unpaired) electrons. The van der Waals surface area contributed by atoms with Crippen molar-refractivity contribution in [3.8, 4) is 0 Å². The first-order valence-electron chi connectivity index (χ1n) is 10.9. The van der Waals surface area contributed by atoms with Crippen LogP contribution in [0.4, 0.5) is 0 Å². The summed E-state index contributed by atoms with van der Waals surface area (Å²) in [5, 5.41) is 0. The number of hydrogen-bond acceptors (Lipinski definition) is 0. The Morgan fingerprint density at radius 2 is 1.43 bits per heavy atom. The molecule has 0 fully saturated rings. The van der Waals surface area contributed by atoms with Gasteiger partial charge in [-0.25, -0.2) is 0 Å². The number of hydrogen-bond donors (Lipinski definition) is 0. The molecular weight excluding hydrogens is 383 g/mol. The van der Waals surface area contributed by atoms with Crippen LogP contribution < -0.4 is 0 Å². The molecule has 0 bridgehead atoms. The van der Waals surface area contributed by atoms with Gasteiger partial charge in [-0.3, -0.25) is 0 Å². The van der Waals surface area contributed by atoms with E-state index in [0.29, 0.717) is 0 Å². The number of rotatable bonds is 13. The van der Waals surface area contributed by atoms with Crippen molar-refractivity contribution in [2.24, 2.45) is 5.92 Å². The summed E-state index contributed by atoms with van der Waals surface area (Å²) in [5.74, 6) is 1.01. The van der Waals surface area contributed by atoms with E-state index < -0.39 is 18.4 Å². The van der Waals surface area contributed by atoms with Crippen molar-refractivity contribution in [1.29, 1.82) is 0 Å². The fraction of sp³-hybridized carbons (Fsp3) is 0.909. The molecule has 1 aliphatic rings. The molecule has 0 aromatic heterocycles. The van der Waals surface area contributed by atoms with Gasteiger partial charge in [0.25, 0.3) is 0 Å². The monoisotopic (exact) mass is 428 g/mol. The Hall–Kier alpha value is 0.539. The van der Waals surface area contributed by atoms with Crippen LogP contribution in [-0.2, 0) is 0 Å². The van der Waals surface area contributed by atoms with Crippen molar-refractivity contribution in [1.82, 2.24) is 0 Å². The standard InChI is InChI=1S/C10H17.3C4H9.Sn/c1-3-4-10-7-5-9(2)6-8-10;3*1-3-4-2;/h5,10H,2-4,6-8H2,1H3;3*1,3-4H2,2H3;/t10-;;;;/m1..../s1. The van der Waals surface area contributed by atoms with Crippen LogP contribution in [0.3, 0.4) is 0 Å². The second kappa shape index (κ2) is 12.8. The van der Waals surface area contributed by atoms with Crippen molar-refractivity contribution in [2.75, 3.05) is 0 Å². The minimum atomic E-state index is -1.92. The molecule has 0 aromatic rings. The van der Waals surface area contributed by atoms with Gasteiger partial charge in [0.1, 0.15) is 0 Å². The molecule has 1 aliphatic carbocycles. The van der Waals surface area contributed by atoms with Gasteiger partial charge in [-0.05, 0) is 0 Å². The van der Waals surface area contributed by atoms with Crippen LogP contribution in [0.1, 0.15) is 98.3 Å². The molecule has 1 atom stereocenters. The summed E-state index contributed by atoms with van der Waals surface area (Å²) in [6.07, 6.45) is 18.7. The Labute approximate surface area is 151 Å². The van der Waals surface area contributed by atoms with Crippen molar-refractivity contribution < 1.29 is 0 Å². The van der Waals surface area contributed by atoms with E-state index in [2.05, 4.69) is 33.8 Å². The zero-order chi connectivity index (χ0) is 17.0. The average Bonchev–Trinajstić information content (AvgIpc) is 2.58. The predicted octanol–water partition coefficient (Wildman–Crippen LogP) is 8.36. The van der Waals surface area contributed by atoms with Crippen LogP contribution >= 0.6 is 0 Å². The van der Waals surface area contributed by atoms with Crippen molar-refractivity contribution in [3.05, 3.63) is 11.6 Å². The topological polar surface area (TPSA) is 0 Å². The Bertz CT molecular complexity index is 296. The summed E-state index contributed by atoms with van der Waals surface area (Å²) in [6, 6.07) is 0. The molecule has 136 valence electrons. The predicted molar refractivity (Wildman–Crippen MR) is 110 cm³/mol. The third-order valence-corrected chi connectivity index (χ3v) is 21.6. The summed E-state index contributed by atoms with van der Waals surface area (Å²) in [5.41, 5.74) is 1.91. The molecule has 1 rings (SSSR count). The van der Waals surface area contributed by atoms with Gasteiger partial charge in [-0.2, -0.15) is 0 Å². The third-order valence-electron chi connectivity index (χ3n) is 6.09. The Morgan fingerprint density at radius 1 is 0.870 bits per heavy atom. The third kappa shape index (κ3) is 8.45. The molecule has 23 heavy (non-hydrogen) atoms. The molecule has 0 saturated carbocycles. The van der Waals surface area contributed by atoms with E-state index in [1.165, 1.54) is 70.6 Å². The number of unbranched alkanes of at least 4 members (excludes halogenated alkanes) is 3. The van der Waals surface area contributed by atoms with E-state index in [0.717, 1.165) is 5.92 Å². The first-order chi connectivity index (χ1) is 11.2. The minimum absolute atomic E-state index is 1.01. The molecule has 0 spiro atoms. The number of allylic oxidation sites excluding steroid dienone is 2. The van der Waals surface area contributed by atoms with E-state index in [4.69, 9.17) is 0 Å². The van der Waals surface area contributed by atoms with Gasteiger partial charge in [0.05, 0.1) is 0 Å². The normalized spacial score (nSPS) is 19.0. The van der Waals surface area contributed by atoms with Gasteiger partial charge in [-0.15, -0.1) is 0 Å². The SMILES string of the molecule is CCC[CH2][Sn]([CH2]CCC)([CH2]CCC)[CH2]C1=CC[C@@H](CCC)CC1. The van der Waals surface area contributed by atoms with Gasteiger partial charge in [0, 0.05) is 0 Å². The summed E-state index contributed by atoms with van der Waals surface area (Å²) in [6.45, 7) is 9.53. The Kier molecular flexibility index (Phi) is 12.0. The van der Waals surface area contributed by atoms with E-state index in [1.807, 2.05) is 5.57 Å². The van der Waals surface area contributed by atoms with Crippen molar-refractivity contribution in [2.45, 2.75) is 116 Å². The van der Waals surface area contributed by atoms with Gasteiger partial charge in [-0.1, -0.05) is 0 Å². The van der Waals surface area contributed by atoms with E-state index >= 15 is 0 Å². The van der Waals surface area contributed by atoms with Crippen LogP contribution in [0.25, 0.3) is 0 Å². The van der Waals surface area contributed by atoms with Crippen molar-refractivity contribution in [3.63, 3.8) is 0 Å². The molecule has 0 heterocycles. The molecule has 0 nitrogen and oxygen atoms in total. The fourth-order valence-electron chi connectivity index (χ4n) is 4.55. The van der Waals surface area contributed by atoms with Crippen LogP contribution in [0.15, 0.2) is 11.6 Å². The second-order valence-electron chi connectivity index (χ2n) is 8.28. The molecule has 0 saturated heterocycles. The molecule has 0 N–H and O–H groups in total. The Morgan fingerprint density at radius 3 is 1.83 bits per heavy atom. The molecular formula is C22H44Sn. The molecule has 1 heteroatoms. The molecule has 0 amide bonds. The summed E-state index contributed by atoms with van der Waals surface area (Å²) >= 11 is -1.92.